The van der Waals surface area contributed by atoms with Crippen molar-refractivity contribution in [3.05, 3.63) is 54.2 Å². The molecule has 0 aliphatic carbocycles. The molecule has 3 aromatic rings. The number of fused-ring (bicyclic) bond motifs is 1. The normalized spacial score (nSPS) is 18.2. The number of aromatic nitrogens is 2. The molecule has 0 amide bonds. The van der Waals surface area contributed by atoms with E-state index in [0.717, 1.165) is 55.3 Å². The first-order valence-electron chi connectivity index (χ1n) is 11.0. The Kier molecular flexibility index (Phi) is 5.41. The van der Waals surface area contributed by atoms with Gasteiger partial charge in [-0.05, 0) is 35.9 Å². The molecule has 2 aliphatic heterocycles. The molecule has 0 radical (unpaired) electrons. The van der Waals surface area contributed by atoms with Crippen LogP contribution in [-0.2, 0) is 6.54 Å². The second-order valence-corrected chi connectivity index (χ2v) is 8.46. The van der Waals surface area contributed by atoms with E-state index in [0.29, 0.717) is 11.8 Å². The molecule has 2 saturated heterocycles. The summed E-state index contributed by atoms with van der Waals surface area (Å²) >= 11 is 0. The van der Waals surface area contributed by atoms with Gasteiger partial charge in [-0.3, -0.25) is 4.90 Å². The Labute approximate surface area is 177 Å². The molecule has 6 nitrogen and oxygen atoms in total. The van der Waals surface area contributed by atoms with E-state index in [1.165, 1.54) is 31.2 Å². The number of anilines is 2. The zero-order valence-corrected chi connectivity index (χ0v) is 17.3. The van der Waals surface area contributed by atoms with E-state index in [4.69, 9.17) is 4.98 Å². The van der Waals surface area contributed by atoms with Crippen LogP contribution in [0.5, 0.6) is 5.75 Å². The van der Waals surface area contributed by atoms with Crippen LogP contribution < -0.4 is 10.2 Å². The molecule has 156 valence electrons. The first-order valence-corrected chi connectivity index (χ1v) is 11.0. The molecular weight excluding hydrogens is 374 g/mol. The van der Waals surface area contributed by atoms with Crippen LogP contribution in [0.2, 0.25) is 0 Å². The average molecular weight is 404 g/mol. The highest BCUT2D eigenvalue weighted by molar-refractivity contribution is 5.90. The van der Waals surface area contributed by atoms with Gasteiger partial charge in [0.2, 0.25) is 5.95 Å². The van der Waals surface area contributed by atoms with Gasteiger partial charge in [0.1, 0.15) is 11.6 Å². The summed E-state index contributed by atoms with van der Waals surface area (Å²) in [5.41, 5.74) is 1.25. The van der Waals surface area contributed by atoms with Gasteiger partial charge >= 0.3 is 0 Å². The van der Waals surface area contributed by atoms with Crippen molar-refractivity contribution in [1.82, 2.24) is 14.9 Å². The number of phenols is 1. The fourth-order valence-electron chi connectivity index (χ4n) is 4.59. The highest BCUT2D eigenvalue weighted by Crippen LogP contribution is 2.29. The van der Waals surface area contributed by atoms with Gasteiger partial charge in [0.05, 0.1) is 6.04 Å². The van der Waals surface area contributed by atoms with Crippen LogP contribution in [0.25, 0.3) is 10.8 Å². The van der Waals surface area contributed by atoms with E-state index >= 15 is 0 Å². The summed E-state index contributed by atoms with van der Waals surface area (Å²) < 4.78 is 0. The number of nitrogens with one attached hydrogen (secondary N) is 1. The lowest BCUT2D eigenvalue weighted by atomic mass is 10.0. The predicted octanol–water partition coefficient (Wildman–Crippen LogP) is 4.01. The van der Waals surface area contributed by atoms with Gasteiger partial charge < -0.3 is 15.3 Å². The van der Waals surface area contributed by atoms with Crippen LogP contribution in [0.3, 0.4) is 0 Å². The molecule has 3 heterocycles. The molecule has 1 aromatic heterocycles. The van der Waals surface area contributed by atoms with Gasteiger partial charge in [-0.25, -0.2) is 4.98 Å². The Hall–Kier alpha value is -2.86. The van der Waals surface area contributed by atoms with E-state index in [2.05, 4.69) is 26.2 Å². The highest BCUT2D eigenvalue weighted by Gasteiger charge is 2.27. The van der Waals surface area contributed by atoms with Crippen LogP contribution in [-0.4, -0.2) is 52.2 Å². The van der Waals surface area contributed by atoms with Crippen molar-refractivity contribution < 1.29 is 5.11 Å². The highest BCUT2D eigenvalue weighted by atomic mass is 16.3. The average Bonchev–Trinajstić information content (AvgIpc) is 3.04. The molecule has 0 atom stereocenters. The van der Waals surface area contributed by atoms with Crippen molar-refractivity contribution in [2.75, 3.05) is 36.4 Å². The van der Waals surface area contributed by atoms with Gasteiger partial charge in [-0.1, -0.05) is 43.2 Å². The molecule has 2 aromatic carbocycles. The second-order valence-electron chi connectivity index (χ2n) is 8.46. The summed E-state index contributed by atoms with van der Waals surface area (Å²) in [5.74, 6) is 2.12. The summed E-state index contributed by atoms with van der Waals surface area (Å²) in [6, 6.07) is 14.3. The van der Waals surface area contributed by atoms with Crippen molar-refractivity contribution >= 4 is 22.5 Å². The van der Waals surface area contributed by atoms with Crippen LogP contribution in [0, 0.1) is 0 Å². The van der Waals surface area contributed by atoms with Gasteiger partial charge in [-0.2, -0.15) is 4.98 Å². The number of nitrogens with zero attached hydrogens (tertiary/aromatic N) is 4. The number of hydrogen-bond donors (Lipinski definition) is 2. The van der Waals surface area contributed by atoms with E-state index < -0.39 is 0 Å². The molecule has 2 fully saturated rings. The number of benzene rings is 2. The third-order valence-corrected chi connectivity index (χ3v) is 6.25. The SMILES string of the molecule is Oc1ccc(CN2CC(Nc3nccc(N4CCCCCC4)n3)C2)c2ccccc12. The van der Waals surface area contributed by atoms with Crippen molar-refractivity contribution in [3.63, 3.8) is 0 Å². The zero-order valence-electron chi connectivity index (χ0n) is 17.3. The molecule has 0 unspecified atom stereocenters. The third kappa shape index (κ3) is 4.05. The summed E-state index contributed by atoms with van der Waals surface area (Å²) in [4.78, 5) is 14.0. The third-order valence-electron chi connectivity index (χ3n) is 6.25. The maximum atomic E-state index is 10.1. The molecule has 2 N–H and O–H groups in total. The first-order chi connectivity index (χ1) is 14.8. The van der Waals surface area contributed by atoms with Crippen LogP contribution in [0.4, 0.5) is 11.8 Å². The van der Waals surface area contributed by atoms with Crippen molar-refractivity contribution in [1.29, 1.82) is 0 Å². The summed E-state index contributed by atoms with van der Waals surface area (Å²) in [5, 5.41) is 15.7. The van der Waals surface area contributed by atoms with Gasteiger partial charge in [0.15, 0.2) is 0 Å². The van der Waals surface area contributed by atoms with E-state index in [-0.39, 0.29) is 0 Å². The van der Waals surface area contributed by atoms with E-state index in [1.807, 2.05) is 36.5 Å². The Balaban J connectivity index is 1.19. The maximum Gasteiger partial charge on any atom is 0.224 e. The molecule has 5 rings (SSSR count). The van der Waals surface area contributed by atoms with Crippen LogP contribution in [0.15, 0.2) is 48.7 Å². The number of hydrogen-bond acceptors (Lipinski definition) is 6. The largest absolute Gasteiger partial charge is 0.507 e. The standard InChI is InChI=1S/C24H29N5O/c30-22-10-9-18(20-7-3-4-8-21(20)22)15-28-16-19(17-28)26-24-25-12-11-23(27-24)29-13-5-1-2-6-14-29/h3-4,7-12,19,30H,1-2,5-6,13-17H2,(H,25,26,27). The minimum absolute atomic E-state index is 0.346. The Morgan fingerprint density at radius 3 is 2.50 bits per heavy atom. The predicted molar refractivity (Wildman–Crippen MR) is 121 cm³/mol. The number of rotatable bonds is 5. The Morgan fingerprint density at radius 2 is 1.70 bits per heavy atom. The second kappa shape index (κ2) is 8.48. The minimum Gasteiger partial charge on any atom is -0.507 e. The fourth-order valence-corrected chi connectivity index (χ4v) is 4.59. The number of phenolic OH excluding ortho intramolecular Hbond substituents is 1. The Morgan fingerprint density at radius 1 is 0.933 bits per heavy atom. The van der Waals surface area contributed by atoms with Gasteiger partial charge in [0, 0.05) is 44.3 Å². The molecular formula is C24H29N5O. The van der Waals surface area contributed by atoms with Gasteiger partial charge in [-0.15, -0.1) is 0 Å². The van der Waals surface area contributed by atoms with E-state index in [9.17, 15) is 5.11 Å². The number of aromatic hydroxyl groups is 1. The van der Waals surface area contributed by atoms with Crippen molar-refractivity contribution in [2.24, 2.45) is 0 Å². The van der Waals surface area contributed by atoms with Crippen LogP contribution in [0.1, 0.15) is 31.2 Å². The zero-order chi connectivity index (χ0) is 20.3. The summed E-state index contributed by atoms with van der Waals surface area (Å²) in [7, 11) is 0. The van der Waals surface area contributed by atoms with Crippen molar-refractivity contribution in [2.45, 2.75) is 38.3 Å². The lowest BCUT2D eigenvalue weighted by molar-refractivity contribution is 0.153. The topological polar surface area (TPSA) is 64.5 Å². The molecule has 0 saturated carbocycles. The van der Waals surface area contributed by atoms with E-state index in [1.54, 1.807) is 6.07 Å². The summed E-state index contributed by atoms with van der Waals surface area (Å²) in [6.45, 7) is 5.00. The summed E-state index contributed by atoms with van der Waals surface area (Å²) in [6.07, 6.45) is 7.00. The molecule has 30 heavy (non-hydrogen) atoms. The monoisotopic (exact) mass is 403 g/mol. The van der Waals surface area contributed by atoms with Gasteiger partial charge in [0.25, 0.3) is 0 Å². The molecule has 6 heteroatoms. The van der Waals surface area contributed by atoms with Crippen LogP contribution >= 0.6 is 0 Å². The number of likely N-dealkylation sites (tertiary alicyclic amines) is 1. The Bertz CT molecular complexity index is 1010. The molecule has 0 bridgehead atoms. The minimum atomic E-state index is 0.346. The molecule has 0 spiro atoms. The fraction of sp³-hybridized carbons (Fsp3) is 0.417. The smallest absolute Gasteiger partial charge is 0.224 e. The lowest BCUT2D eigenvalue weighted by Crippen LogP contribution is -2.54. The quantitative estimate of drug-likeness (QED) is 0.671. The van der Waals surface area contributed by atoms with Crippen molar-refractivity contribution in [3.8, 4) is 5.75 Å². The lowest BCUT2D eigenvalue weighted by Gasteiger charge is -2.39. The first kappa shape index (κ1) is 19.1. The maximum absolute atomic E-state index is 10.1. The molecule has 2 aliphatic rings.